The van der Waals surface area contributed by atoms with Crippen molar-refractivity contribution in [1.82, 2.24) is 0 Å². The first-order valence-electron chi connectivity index (χ1n) is 6.08. The molecule has 0 N–H and O–H groups in total. The molecule has 5 heteroatoms. The summed E-state index contributed by atoms with van der Waals surface area (Å²) in [6.07, 6.45) is 2.07. The van der Waals surface area contributed by atoms with Gasteiger partial charge in [-0.05, 0) is 17.7 Å². The van der Waals surface area contributed by atoms with Crippen molar-refractivity contribution in [2.75, 3.05) is 14.2 Å². The predicted molar refractivity (Wildman–Crippen MR) is 74.0 cm³/mol. The van der Waals surface area contributed by atoms with Gasteiger partial charge < -0.3 is 9.47 Å². The number of hydrogen-bond acceptors (Lipinski definition) is 5. The van der Waals surface area contributed by atoms with Gasteiger partial charge in [0.1, 0.15) is 11.6 Å². The summed E-state index contributed by atoms with van der Waals surface area (Å²) < 4.78 is 10.4. The molecule has 0 aromatic heterocycles. The summed E-state index contributed by atoms with van der Waals surface area (Å²) in [6.45, 7) is 0. The van der Waals surface area contributed by atoms with Gasteiger partial charge in [0.25, 0.3) is 0 Å². The zero-order chi connectivity index (χ0) is 14.5. The van der Waals surface area contributed by atoms with Crippen LogP contribution >= 0.6 is 0 Å². The molecular formula is C15H14N2O3. The minimum absolute atomic E-state index is 0.112. The highest BCUT2D eigenvalue weighted by Gasteiger charge is 2.17. The van der Waals surface area contributed by atoms with E-state index >= 15 is 0 Å². The molecule has 0 aliphatic carbocycles. The normalized spacial score (nSPS) is 14.2. The molecule has 1 aliphatic rings. The van der Waals surface area contributed by atoms with Crippen LogP contribution in [0.15, 0.2) is 35.0 Å². The van der Waals surface area contributed by atoms with Crippen LogP contribution in [0.1, 0.15) is 12.0 Å². The highest BCUT2D eigenvalue weighted by molar-refractivity contribution is 6.13. The molecule has 1 aromatic rings. The van der Waals surface area contributed by atoms with Gasteiger partial charge in [-0.1, -0.05) is 6.07 Å². The van der Waals surface area contributed by atoms with Gasteiger partial charge in [-0.15, -0.1) is 0 Å². The van der Waals surface area contributed by atoms with Crippen molar-refractivity contribution in [3.8, 4) is 17.6 Å². The van der Waals surface area contributed by atoms with Crippen molar-refractivity contribution in [1.29, 1.82) is 5.26 Å². The van der Waals surface area contributed by atoms with Gasteiger partial charge in [-0.2, -0.15) is 5.26 Å². The predicted octanol–water partition coefficient (Wildman–Crippen LogP) is 2.07. The van der Waals surface area contributed by atoms with Gasteiger partial charge in [0.05, 0.1) is 20.6 Å². The van der Waals surface area contributed by atoms with Gasteiger partial charge in [0, 0.05) is 18.3 Å². The van der Waals surface area contributed by atoms with Crippen LogP contribution in [0.4, 0.5) is 0 Å². The summed E-state index contributed by atoms with van der Waals surface area (Å²) in [5.74, 6) is 1.11. The molecule has 2 rings (SSSR count). The van der Waals surface area contributed by atoms with E-state index in [1.54, 1.807) is 14.2 Å². The largest absolute Gasteiger partial charge is 0.493 e. The molecule has 0 atom stereocenters. The number of hydrogen-bond donors (Lipinski definition) is 0. The van der Waals surface area contributed by atoms with E-state index in [2.05, 4.69) is 4.99 Å². The molecule has 0 saturated carbocycles. The molecule has 5 nitrogen and oxygen atoms in total. The van der Waals surface area contributed by atoms with Crippen molar-refractivity contribution in [2.45, 2.75) is 12.8 Å². The average molecular weight is 270 g/mol. The van der Waals surface area contributed by atoms with Gasteiger partial charge in [0.15, 0.2) is 17.3 Å². The number of ether oxygens (including phenoxy) is 2. The Labute approximate surface area is 117 Å². The fourth-order valence-electron chi connectivity index (χ4n) is 1.98. The molecule has 1 aromatic carbocycles. The number of nitrogens with zero attached hydrogens (tertiary/aromatic N) is 2. The lowest BCUT2D eigenvalue weighted by Crippen LogP contribution is -2.15. The summed E-state index contributed by atoms with van der Waals surface area (Å²) in [5.41, 5.74) is 1.82. The number of carbonyl (C=O) groups is 1. The minimum atomic E-state index is -0.182. The minimum Gasteiger partial charge on any atom is -0.493 e. The van der Waals surface area contributed by atoms with Gasteiger partial charge in [-0.3, -0.25) is 9.79 Å². The van der Waals surface area contributed by atoms with Crippen molar-refractivity contribution >= 4 is 11.5 Å². The van der Waals surface area contributed by atoms with E-state index in [1.807, 2.05) is 24.3 Å². The van der Waals surface area contributed by atoms with Crippen molar-refractivity contribution in [3.05, 3.63) is 35.5 Å². The topological polar surface area (TPSA) is 71.7 Å². The van der Waals surface area contributed by atoms with Crippen LogP contribution in [-0.4, -0.2) is 25.7 Å². The number of Topliss-reactive ketones (excluding diaryl/α,β-unsaturated/α-hetero) is 1. The third kappa shape index (κ3) is 2.86. The highest BCUT2D eigenvalue weighted by atomic mass is 16.5. The lowest BCUT2D eigenvalue weighted by Gasteiger charge is -2.12. The Morgan fingerprint density at radius 3 is 2.65 bits per heavy atom. The third-order valence-electron chi connectivity index (χ3n) is 3.02. The number of methoxy groups -OCH3 is 2. The lowest BCUT2D eigenvalue weighted by molar-refractivity contribution is -0.114. The Balaban J connectivity index is 2.20. The van der Waals surface area contributed by atoms with E-state index in [9.17, 15) is 4.79 Å². The SMILES string of the molecule is COc1ccc(CC2=NC=C(C#N)C(=O)C2)cc1OC. The van der Waals surface area contributed by atoms with Gasteiger partial charge >= 0.3 is 0 Å². The fraction of sp³-hybridized carbons (Fsp3) is 0.267. The summed E-state index contributed by atoms with van der Waals surface area (Å²) in [6, 6.07) is 7.41. The Hall–Kier alpha value is -2.61. The smallest absolute Gasteiger partial charge is 0.180 e. The number of benzene rings is 1. The number of nitriles is 1. The van der Waals surface area contributed by atoms with Crippen LogP contribution < -0.4 is 9.47 Å². The number of ketones is 1. The zero-order valence-corrected chi connectivity index (χ0v) is 11.3. The third-order valence-corrected chi connectivity index (χ3v) is 3.02. The van der Waals surface area contributed by atoms with E-state index < -0.39 is 0 Å². The van der Waals surface area contributed by atoms with Crippen LogP contribution in [0.2, 0.25) is 0 Å². The molecule has 20 heavy (non-hydrogen) atoms. The second kappa shape index (κ2) is 6.02. The second-order valence-electron chi connectivity index (χ2n) is 4.32. The highest BCUT2D eigenvalue weighted by Crippen LogP contribution is 2.28. The van der Waals surface area contributed by atoms with Gasteiger partial charge in [-0.25, -0.2) is 0 Å². The van der Waals surface area contributed by atoms with E-state index in [0.29, 0.717) is 17.9 Å². The number of rotatable bonds is 4. The van der Waals surface area contributed by atoms with Gasteiger partial charge in [0.2, 0.25) is 0 Å². The summed E-state index contributed by atoms with van der Waals surface area (Å²) >= 11 is 0. The molecule has 0 spiro atoms. The number of carbonyl (C=O) groups excluding carboxylic acids is 1. The Morgan fingerprint density at radius 1 is 1.30 bits per heavy atom. The Kier molecular flexibility index (Phi) is 4.16. The van der Waals surface area contributed by atoms with Crippen molar-refractivity contribution in [2.24, 2.45) is 4.99 Å². The molecule has 102 valence electrons. The van der Waals surface area contributed by atoms with E-state index in [-0.39, 0.29) is 17.8 Å². The fourth-order valence-corrected chi connectivity index (χ4v) is 1.98. The molecule has 0 unspecified atom stereocenters. The summed E-state index contributed by atoms with van der Waals surface area (Å²) in [5, 5.41) is 8.72. The van der Waals surface area contributed by atoms with Crippen LogP contribution in [0.5, 0.6) is 11.5 Å². The van der Waals surface area contributed by atoms with Crippen LogP contribution in [0.25, 0.3) is 0 Å². The zero-order valence-electron chi connectivity index (χ0n) is 11.3. The molecule has 0 fully saturated rings. The van der Waals surface area contributed by atoms with Crippen LogP contribution in [-0.2, 0) is 11.2 Å². The quantitative estimate of drug-likeness (QED) is 0.839. The second-order valence-corrected chi connectivity index (χ2v) is 4.32. The molecular weight excluding hydrogens is 256 g/mol. The molecule has 1 heterocycles. The van der Waals surface area contributed by atoms with Crippen LogP contribution in [0.3, 0.4) is 0 Å². The van der Waals surface area contributed by atoms with E-state index in [0.717, 1.165) is 11.3 Å². The molecule has 1 aliphatic heterocycles. The Bertz CT molecular complexity index is 639. The number of allylic oxidation sites excluding steroid dienone is 1. The lowest BCUT2D eigenvalue weighted by atomic mass is 9.99. The Morgan fingerprint density at radius 2 is 2.05 bits per heavy atom. The van der Waals surface area contributed by atoms with E-state index in [4.69, 9.17) is 14.7 Å². The molecule has 0 bridgehead atoms. The first-order chi connectivity index (χ1) is 9.67. The first-order valence-corrected chi connectivity index (χ1v) is 6.08. The maximum absolute atomic E-state index is 11.6. The molecule has 0 saturated heterocycles. The van der Waals surface area contributed by atoms with Crippen molar-refractivity contribution < 1.29 is 14.3 Å². The molecule has 0 amide bonds. The maximum atomic E-state index is 11.6. The standard InChI is InChI=1S/C15H14N2O3/c1-19-14-4-3-10(6-15(14)20-2)5-12-7-13(18)11(8-16)9-17-12/h3-4,6,9H,5,7H2,1-2H3. The first kappa shape index (κ1) is 13.8. The molecule has 0 radical (unpaired) electrons. The average Bonchev–Trinajstić information content (AvgIpc) is 2.47. The van der Waals surface area contributed by atoms with Crippen LogP contribution in [0, 0.1) is 11.3 Å². The number of aliphatic imine (C=N–C) groups is 1. The summed E-state index contributed by atoms with van der Waals surface area (Å²) in [7, 11) is 3.15. The van der Waals surface area contributed by atoms with E-state index in [1.165, 1.54) is 6.20 Å². The monoisotopic (exact) mass is 270 g/mol. The summed E-state index contributed by atoms with van der Waals surface area (Å²) in [4.78, 5) is 15.8. The van der Waals surface area contributed by atoms with Crippen molar-refractivity contribution in [3.63, 3.8) is 0 Å². The maximum Gasteiger partial charge on any atom is 0.180 e.